The van der Waals surface area contributed by atoms with Crippen LogP contribution < -0.4 is 25.3 Å². The number of amides is 1. The minimum atomic E-state index is -0.368. The molecule has 3 N–H and O–H groups in total. The number of nitrogens with one attached hydrogen (secondary N) is 1. The summed E-state index contributed by atoms with van der Waals surface area (Å²) in [5.41, 5.74) is 6.09. The number of carbonyl (C=O) groups excluding carboxylic acids is 1. The van der Waals surface area contributed by atoms with Crippen LogP contribution >= 0.6 is 0 Å². The van der Waals surface area contributed by atoms with Gasteiger partial charge in [0.2, 0.25) is 11.7 Å². The Kier molecular flexibility index (Phi) is 5.84. The second-order valence-corrected chi connectivity index (χ2v) is 5.45. The highest BCUT2D eigenvalue weighted by molar-refractivity contribution is 5.91. The van der Waals surface area contributed by atoms with Crippen LogP contribution in [0.15, 0.2) is 12.1 Å². The number of hydrogen-bond donors (Lipinski definition) is 2. The molecule has 0 aliphatic rings. The Balaban J connectivity index is 2.86. The van der Waals surface area contributed by atoms with E-state index in [2.05, 4.69) is 5.32 Å². The van der Waals surface area contributed by atoms with Crippen LogP contribution in [0.1, 0.15) is 26.7 Å². The molecule has 0 saturated carbocycles. The molecule has 6 heteroatoms. The summed E-state index contributed by atoms with van der Waals surface area (Å²) in [6.45, 7) is 3.78. The first-order valence-corrected chi connectivity index (χ1v) is 6.69. The number of benzene rings is 1. The quantitative estimate of drug-likeness (QED) is 0.805. The number of ether oxygens (including phenoxy) is 3. The summed E-state index contributed by atoms with van der Waals surface area (Å²) in [7, 11) is 4.58. The molecule has 0 heterocycles. The standard InChI is InChI=1S/C15H24N2O4/c1-15(2,16)7-6-13(18)17-10-8-11(19-3)14(21-5)12(9-10)20-4/h8-9H,6-7,16H2,1-5H3,(H,17,18). The summed E-state index contributed by atoms with van der Waals surface area (Å²) < 4.78 is 15.7. The van der Waals surface area contributed by atoms with E-state index in [1.807, 2.05) is 13.8 Å². The highest BCUT2D eigenvalue weighted by Gasteiger charge is 2.16. The number of methoxy groups -OCH3 is 3. The maximum Gasteiger partial charge on any atom is 0.224 e. The molecule has 0 bridgehead atoms. The van der Waals surface area contributed by atoms with Crippen LogP contribution in [0, 0.1) is 0 Å². The zero-order valence-corrected chi connectivity index (χ0v) is 13.3. The fourth-order valence-corrected chi connectivity index (χ4v) is 1.81. The van der Waals surface area contributed by atoms with Gasteiger partial charge < -0.3 is 25.3 Å². The van der Waals surface area contributed by atoms with E-state index in [1.54, 1.807) is 12.1 Å². The second-order valence-electron chi connectivity index (χ2n) is 5.45. The average Bonchev–Trinajstić information content (AvgIpc) is 2.43. The van der Waals surface area contributed by atoms with Gasteiger partial charge in [0.05, 0.1) is 21.3 Å². The van der Waals surface area contributed by atoms with Gasteiger partial charge in [-0.1, -0.05) is 0 Å². The SMILES string of the molecule is COc1cc(NC(=O)CCC(C)(C)N)cc(OC)c1OC. The van der Waals surface area contributed by atoms with Crippen LogP contribution in [0.3, 0.4) is 0 Å². The fourth-order valence-electron chi connectivity index (χ4n) is 1.81. The summed E-state index contributed by atoms with van der Waals surface area (Å²) in [5.74, 6) is 1.36. The van der Waals surface area contributed by atoms with Crippen LogP contribution in [0.25, 0.3) is 0 Å². The smallest absolute Gasteiger partial charge is 0.224 e. The number of anilines is 1. The second kappa shape index (κ2) is 7.17. The molecule has 0 aliphatic carbocycles. The number of rotatable bonds is 7. The Labute approximate surface area is 125 Å². The van der Waals surface area contributed by atoms with Gasteiger partial charge >= 0.3 is 0 Å². The molecule has 0 radical (unpaired) electrons. The lowest BCUT2D eigenvalue weighted by molar-refractivity contribution is -0.116. The normalized spacial score (nSPS) is 11.0. The van der Waals surface area contributed by atoms with Gasteiger partial charge in [-0.25, -0.2) is 0 Å². The minimum Gasteiger partial charge on any atom is -0.493 e. The third kappa shape index (κ3) is 5.15. The molecule has 6 nitrogen and oxygen atoms in total. The monoisotopic (exact) mass is 296 g/mol. The summed E-state index contributed by atoms with van der Waals surface area (Å²) in [5, 5.41) is 2.81. The van der Waals surface area contributed by atoms with Gasteiger partial charge in [0.1, 0.15) is 0 Å². The van der Waals surface area contributed by atoms with Crippen LogP contribution in [0.5, 0.6) is 17.2 Å². The third-order valence-electron chi connectivity index (χ3n) is 2.94. The predicted octanol–water partition coefficient (Wildman–Crippen LogP) is 2.17. The first-order valence-electron chi connectivity index (χ1n) is 6.69. The minimum absolute atomic E-state index is 0.109. The van der Waals surface area contributed by atoms with Crippen molar-refractivity contribution in [1.29, 1.82) is 0 Å². The van der Waals surface area contributed by atoms with Crippen LogP contribution in [0.4, 0.5) is 5.69 Å². The van der Waals surface area contributed by atoms with Gasteiger partial charge in [-0.3, -0.25) is 4.79 Å². The molecule has 1 aromatic rings. The molecule has 0 spiro atoms. The van der Waals surface area contributed by atoms with Crippen molar-refractivity contribution in [1.82, 2.24) is 0 Å². The highest BCUT2D eigenvalue weighted by atomic mass is 16.5. The van der Waals surface area contributed by atoms with Gasteiger partial charge in [-0.05, 0) is 20.3 Å². The molecule has 0 atom stereocenters. The third-order valence-corrected chi connectivity index (χ3v) is 2.94. The number of carbonyl (C=O) groups is 1. The number of nitrogens with two attached hydrogens (primary N) is 1. The first kappa shape index (κ1) is 17.1. The van der Waals surface area contributed by atoms with Crippen molar-refractivity contribution in [2.24, 2.45) is 5.73 Å². The van der Waals surface area contributed by atoms with Crippen molar-refractivity contribution >= 4 is 11.6 Å². The lowest BCUT2D eigenvalue weighted by atomic mass is 10.00. The van der Waals surface area contributed by atoms with E-state index in [4.69, 9.17) is 19.9 Å². The van der Waals surface area contributed by atoms with Gasteiger partial charge in [-0.15, -0.1) is 0 Å². The molecule has 1 rings (SSSR count). The molecule has 118 valence electrons. The van der Waals surface area contributed by atoms with Crippen molar-refractivity contribution < 1.29 is 19.0 Å². The first-order chi connectivity index (χ1) is 9.80. The molecule has 0 saturated heterocycles. The van der Waals surface area contributed by atoms with Crippen molar-refractivity contribution in [3.63, 3.8) is 0 Å². The summed E-state index contributed by atoms with van der Waals surface area (Å²) >= 11 is 0. The van der Waals surface area contributed by atoms with Crippen LogP contribution in [-0.2, 0) is 4.79 Å². The van der Waals surface area contributed by atoms with E-state index in [9.17, 15) is 4.79 Å². The molecule has 1 aromatic carbocycles. The van der Waals surface area contributed by atoms with E-state index in [0.717, 1.165) is 0 Å². The van der Waals surface area contributed by atoms with Gasteiger partial charge in [0.15, 0.2) is 11.5 Å². The molecule has 0 aliphatic heterocycles. The highest BCUT2D eigenvalue weighted by Crippen LogP contribution is 2.39. The Morgan fingerprint density at radius 2 is 1.67 bits per heavy atom. The lowest BCUT2D eigenvalue weighted by Gasteiger charge is -2.18. The summed E-state index contributed by atoms with van der Waals surface area (Å²) in [4.78, 5) is 11.9. The van der Waals surface area contributed by atoms with Crippen molar-refractivity contribution in [2.45, 2.75) is 32.2 Å². The summed E-state index contributed by atoms with van der Waals surface area (Å²) in [6.07, 6.45) is 0.948. The Hall–Kier alpha value is -1.95. The van der Waals surface area contributed by atoms with Crippen LogP contribution in [0.2, 0.25) is 0 Å². The predicted molar refractivity (Wildman–Crippen MR) is 82.2 cm³/mol. The number of hydrogen-bond acceptors (Lipinski definition) is 5. The van der Waals surface area contributed by atoms with Crippen molar-refractivity contribution in [3.8, 4) is 17.2 Å². The average molecular weight is 296 g/mol. The Morgan fingerprint density at radius 1 is 1.14 bits per heavy atom. The maximum absolute atomic E-state index is 11.9. The van der Waals surface area contributed by atoms with E-state index in [1.165, 1.54) is 21.3 Å². The van der Waals surface area contributed by atoms with E-state index in [-0.39, 0.29) is 11.4 Å². The van der Waals surface area contributed by atoms with E-state index >= 15 is 0 Å². The van der Waals surface area contributed by atoms with E-state index < -0.39 is 0 Å². The van der Waals surface area contributed by atoms with Crippen molar-refractivity contribution in [3.05, 3.63) is 12.1 Å². The largest absolute Gasteiger partial charge is 0.493 e. The van der Waals surface area contributed by atoms with E-state index in [0.29, 0.717) is 35.8 Å². The van der Waals surface area contributed by atoms with Gasteiger partial charge in [-0.2, -0.15) is 0 Å². The van der Waals surface area contributed by atoms with Crippen molar-refractivity contribution in [2.75, 3.05) is 26.6 Å². The molecule has 21 heavy (non-hydrogen) atoms. The van der Waals surface area contributed by atoms with Crippen LogP contribution in [-0.4, -0.2) is 32.8 Å². The molecule has 0 aromatic heterocycles. The Bertz CT molecular complexity index is 470. The lowest BCUT2D eigenvalue weighted by Crippen LogP contribution is -2.33. The zero-order chi connectivity index (χ0) is 16.0. The maximum atomic E-state index is 11.9. The molecular formula is C15H24N2O4. The molecular weight excluding hydrogens is 272 g/mol. The molecule has 1 amide bonds. The van der Waals surface area contributed by atoms with Gasteiger partial charge in [0.25, 0.3) is 0 Å². The fraction of sp³-hybridized carbons (Fsp3) is 0.533. The molecule has 0 unspecified atom stereocenters. The summed E-state index contributed by atoms with van der Waals surface area (Å²) in [6, 6.07) is 3.37. The van der Waals surface area contributed by atoms with Gasteiger partial charge in [0, 0.05) is 29.8 Å². The Morgan fingerprint density at radius 3 is 2.05 bits per heavy atom. The molecule has 0 fully saturated rings. The zero-order valence-electron chi connectivity index (χ0n) is 13.3. The topological polar surface area (TPSA) is 82.8 Å².